The zero-order valence-electron chi connectivity index (χ0n) is 9.80. The number of benzene rings is 1. The van der Waals surface area contributed by atoms with Gasteiger partial charge in [-0.05, 0) is 12.1 Å². The van der Waals surface area contributed by atoms with Gasteiger partial charge >= 0.3 is 0 Å². The summed E-state index contributed by atoms with van der Waals surface area (Å²) in [6.07, 6.45) is 0.128. The molecule has 0 aromatic heterocycles. The fraction of sp³-hybridized carbons (Fsp3) is 0.538. The maximum atomic E-state index is 5.93. The van der Waals surface area contributed by atoms with E-state index in [2.05, 4.69) is 4.90 Å². The molecule has 1 fully saturated rings. The van der Waals surface area contributed by atoms with Crippen molar-refractivity contribution in [1.82, 2.24) is 4.90 Å². The van der Waals surface area contributed by atoms with Crippen LogP contribution in [0.5, 0.6) is 11.5 Å². The van der Waals surface area contributed by atoms with Crippen LogP contribution in [-0.4, -0.2) is 50.5 Å². The van der Waals surface area contributed by atoms with Gasteiger partial charge in [0.25, 0.3) is 0 Å². The van der Waals surface area contributed by atoms with Gasteiger partial charge in [0, 0.05) is 19.6 Å². The summed E-state index contributed by atoms with van der Waals surface area (Å²) in [4.78, 5) is 2.37. The van der Waals surface area contributed by atoms with Crippen LogP contribution in [0.15, 0.2) is 24.3 Å². The first-order chi connectivity index (χ1) is 8.42. The average molecular weight is 235 g/mol. The van der Waals surface area contributed by atoms with Crippen molar-refractivity contribution in [1.29, 1.82) is 0 Å². The molecule has 0 aliphatic carbocycles. The van der Waals surface area contributed by atoms with E-state index in [-0.39, 0.29) is 6.10 Å². The third kappa shape index (κ3) is 2.53. The maximum Gasteiger partial charge on any atom is 0.161 e. The molecule has 92 valence electrons. The van der Waals surface area contributed by atoms with Gasteiger partial charge in [0.15, 0.2) is 11.5 Å². The van der Waals surface area contributed by atoms with Crippen molar-refractivity contribution in [3.05, 3.63) is 24.3 Å². The van der Waals surface area contributed by atoms with E-state index in [0.29, 0.717) is 6.61 Å². The molecule has 0 spiro atoms. The Bertz CT molecular complexity index is 377. The van der Waals surface area contributed by atoms with Gasteiger partial charge in [0.2, 0.25) is 0 Å². The van der Waals surface area contributed by atoms with Crippen molar-refractivity contribution in [3.63, 3.8) is 0 Å². The molecule has 1 aromatic rings. The van der Waals surface area contributed by atoms with E-state index in [9.17, 15) is 0 Å². The van der Waals surface area contributed by atoms with E-state index in [0.717, 1.165) is 44.3 Å². The highest BCUT2D eigenvalue weighted by Gasteiger charge is 2.23. The zero-order valence-corrected chi connectivity index (χ0v) is 9.80. The monoisotopic (exact) mass is 235 g/mol. The van der Waals surface area contributed by atoms with Gasteiger partial charge in [0.1, 0.15) is 12.7 Å². The van der Waals surface area contributed by atoms with Crippen molar-refractivity contribution in [2.45, 2.75) is 6.10 Å². The highest BCUT2D eigenvalue weighted by atomic mass is 16.6. The first kappa shape index (κ1) is 10.9. The molecular formula is C13H17NO3. The molecule has 1 aromatic carbocycles. The molecule has 4 nitrogen and oxygen atoms in total. The number of para-hydroxylation sites is 2. The lowest BCUT2D eigenvalue weighted by Crippen LogP contribution is -2.45. The second-order valence-electron chi connectivity index (χ2n) is 4.41. The van der Waals surface area contributed by atoms with Crippen LogP contribution in [0.2, 0.25) is 0 Å². The summed E-state index contributed by atoms with van der Waals surface area (Å²) < 4.78 is 17.0. The summed E-state index contributed by atoms with van der Waals surface area (Å²) in [6, 6.07) is 7.84. The smallest absolute Gasteiger partial charge is 0.161 e. The quantitative estimate of drug-likeness (QED) is 0.769. The van der Waals surface area contributed by atoms with Crippen LogP contribution >= 0.6 is 0 Å². The average Bonchev–Trinajstić information content (AvgIpc) is 2.40. The summed E-state index contributed by atoms with van der Waals surface area (Å²) in [5.74, 6) is 1.71. The number of ether oxygens (including phenoxy) is 3. The van der Waals surface area contributed by atoms with Crippen LogP contribution < -0.4 is 9.47 Å². The predicted molar refractivity (Wildman–Crippen MR) is 63.6 cm³/mol. The van der Waals surface area contributed by atoms with Gasteiger partial charge in [0.05, 0.1) is 13.2 Å². The number of hydrogen-bond acceptors (Lipinski definition) is 4. The van der Waals surface area contributed by atoms with Crippen molar-refractivity contribution < 1.29 is 14.2 Å². The van der Waals surface area contributed by atoms with Crippen molar-refractivity contribution in [3.8, 4) is 11.5 Å². The summed E-state index contributed by atoms with van der Waals surface area (Å²) in [7, 11) is 0. The number of morpholine rings is 1. The van der Waals surface area contributed by atoms with Crippen molar-refractivity contribution in [2.24, 2.45) is 0 Å². The molecule has 1 atom stereocenters. The molecular weight excluding hydrogens is 218 g/mol. The topological polar surface area (TPSA) is 30.9 Å². The molecule has 1 unspecified atom stereocenters. The summed E-state index contributed by atoms with van der Waals surface area (Å²) in [5.41, 5.74) is 0. The first-order valence-corrected chi connectivity index (χ1v) is 6.10. The second kappa shape index (κ2) is 4.94. The molecule has 17 heavy (non-hydrogen) atoms. The Morgan fingerprint density at radius 2 is 1.88 bits per heavy atom. The predicted octanol–water partition coefficient (Wildman–Crippen LogP) is 1.16. The lowest BCUT2D eigenvalue weighted by Gasteiger charge is -2.33. The van der Waals surface area contributed by atoms with Gasteiger partial charge in [-0.1, -0.05) is 12.1 Å². The number of rotatable bonds is 2. The van der Waals surface area contributed by atoms with E-state index in [1.165, 1.54) is 0 Å². The van der Waals surface area contributed by atoms with Crippen molar-refractivity contribution in [2.75, 3.05) is 39.5 Å². The molecule has 2 heterocycles. The third-order valence-corrected chi connectivity index (χ3v) is 3.13. The van der Waals surface area contributed by atoms with Crippen LogP contribution in [-0.2, 0) is 4.74 Å². The molecule has 4 heteroatoms. The van der Waals surface area contributed by atoms with Gasteiger partial charge in [-0.2, -0.15) is 0 Å². The van der Waals surface area contributed by atoms with Gasteiger partial charge in [-0.15, -0.1) is 0 Å². The van der Waals surface area contributed by atoms with Crippen LogP contribution in [0.3, 0.4) is 0 Å². The Labute approximate surface area is 101 Å². The summed E-state index contributed by atoms with van der Waals surface area (Å²) in [6.45, 7) is 5.17. The molecule has 3 rings (SSSR count). The largest absolute Gasteiger partial charge is 0.486 e. The number of nitrogens with zero attached hydrogens (tertiary/aromatic N) is 1. The van der Waals surface area contributed by atoms with Gasteiger partial charge < -0.3 is 14.2 Å². The molecule has 0 N–H and O–H groups in total. The third-order valence-electron chi connectivity index (χ3n) is 3.13. The van der Waals surface area contributed by atoms with Gasteiger partial charge in [-0.3, -0.25) is 4.90 Å². The minimum atomic E-state index is 0.128. The molecule has 2 aliphatic rings. The van der Waals surface area contributed by atoms with E-state index in [1.54, 1.807) is 0 Å². The minimum absolute atomic E-state index is 0.128. The molecule has 0 bridgehead atoms. The van der Waals surface area contributed by atoms with Gasteiger partial charge in [-0.25, -0.2) is 0 Å². The van der Waals surface area contributed by atoms with E-state index >= 15 is 0 Å². The zero-order chi connectivity index (χ0) is 11.5. The Balaban J connectivity index is 1.60. The SMILES string of the molecule is c1ccc2c(c1)OCC(CN1CCOCC1)O2. The Morgan fingerprint density at radius 3 is 2.71 bits per heavy atom. The van der Waals surface area contributed by atoms with Crippen LogP contribution in [0, 0.1) is 0 Å². The highest BCUT2D eigenvalue weighted by molar-refractivity contribution is 5.40. The molecule has 0 amide bonds. The standard InChI is InChI=1S/C13H17NO3/c1-2-4-13-12(3-1)16-10-11(17-13)9-14-5-7-15-8-6-14/h1-4,11H,5-10H2. The van der Waals surface area contributed by atoms with Crippen LogP contribution in [0.25, 0.3) is 0 Å². The number of hydrogen-bond donors (Lipinski definition) is 0. The highest BCUT2D eigenvalue weighted by Crippen LogP contribution is 2.30. The second-order valence-corrected chi connectivity index (χ2v) is 4.41. The maximum absolute atomic E-state index is 5.93. The van der Waals surface area contributed by atoms with Crippen LogP contribution in [0.1, 0.15) is 0 Å². The molecule has 0 saturated carbocycles. The number of fused-ring (bicyclic) bond motifs is 1. The van der Waals surface area contributed by atoms with E-state index < -0.39 is 0 Å². The summed E-state index contributed by atoms with van der Waals surface area (Å²) in [5, 5.41) is 0. The summed E-state index contributed by atoms with van der Waals surface area (Å²) >= 11 is 0. The van der Waals surface area contributed by atoms with E-state index in [1.807, 2.05) is 24.3 Å². The fourth-order valence-electron chi connectivity index (χ4n) is 2.22. The molecule has 1 saturated heterocycles. The molecule has 0 radical (unpaired) electrons. The van der Waals surface area contributed by atoms with Crippen molar-refractivity contribution >= 4 is 0 Å². The Kier molecular flexibility index (Phi) is 3.16. The molecule has 2 aliphatic heterocycles. The Morgan fingerprint density at radius 1 is 1.12 bits per heavy atom. The lowest BCUT2D eigenvalue weighted by atomic mass is 10.2. The lowest BCUT2D eigenvalue weighted by molar-refractivity contribution is 0.00314. The van der Waals surface area contributed by atoms with Crippen LogP contribution in [0.4, 0.5) is 0 Å². The normalized spacial score (nSPS) is 24.6. The Hall–Kier alpha value is -1.26. The minimum Gasteiger partial charge on any atom is -0.486 e. The fourth-order valence-corrected chi connectivity index (χ4v) is 2.22. The van der Waals surface area contributed by atoms with E-state index in [4.69, 9.17) is 14.2 Å². The first-order valence-electron chi connectivity index (χ1n) is 6.10.